The minimum atomic E-state index is 0.160. The predicted molar refractivity (Wildman–Crippen MR) is 84.8 cm³/mol. The van der Waals surface area contributed by atoms with E-state index in [1.165, 1.54) is 11.1 Å². The summed E-state index contributed by atoms with van der Waals surface area (Å²) in [6.45, 7) is 0.924. The van der Waals surface area contributed by atoms with Crippen molar-refractivity contribution in [3.05, 3.63) is 84.1 Å². The molecule has 0 aromatic heterocycles. The lowest BCUT2D eigenvalue weighted by Crippen LogP contribution is -2.30. The van der Waals surface area contributed by atoms with Gasteiger partial charge in [-0.1, -0.05) is 60.7 Å². The molecule has 0 radical (unpaired) electrons. The highest BCUT2D eigenvalue weighted by molar-refractivity contribution is 5.90. The van der Waals surface area contributed by atoms with Crippen molar-refractivity contribution in [2.45, 2.75) is 18.9 Å². The molecule has 1 aliphatic heterocycles. The van der Waals surface area contributed by atoms with E-state index in [2.05, 4.69) is 41.3 Å². The van der Waals surface area contributed by atoms with Gasteiger partial charge in [-0.3, -0.25) is 4.79 Å². The Morgan fingerprint density at radius 2 is 1.62 bits per heavy atom. The van der Waals surface area contributed by atoms with Gasteiger partial charge in [0.2, 0.25) is 0 Å². The van der Waals surface area contributed by atoms with Crippen LogP contribution in [0.5, 0.6) is 0 Å². The number of nitrogens with zero attached hydrogens (tertiary/aromatic N) is 1. The maximum absolute atomic E-state index is 11.8. The van der Waals surface area contributed by atoms with Gasteiger partial charge in [0.05, 0.1) is 6.04 Å². The zero-order valence-electron chi connectivity index (χ0n) is 12.0. The normalized spacial score (nSPS) is 18.0. The molecule has 0 aliphatic carbocycles. The van der Waals surface area contributed by atoms with Crippen LogP contribution in [-0.2, 0) is 11.2 Å². The Labute approximate surface area is 125 Å². The van der Waals surface area contributed by atoms with Crippen LogP contribution in [0.25, 0.3) is 0 Å². The van der Waals surface area contributed by atoms with Crippen LogP contribution in [-0.4, -0.2) is 17.2 Å². The van der Waals surface area contributed by atoms with E-state index >= 15 is 0 Å². The molecule has 2 aromatic rings. The Kier molecular flexibility index (Phi) is 4.15. The maximum Gasteiger partial charge on any atom is 0.159 e. The Balaban J connectivity index is 1.75. The van der Waals surface area contributed by atoms with Gasteiger partial charge in [0, 0.05) is 19.2 Å². The molecule has 3 rings (SSSR count). The summed E-state index contributed by atoms with van der Waals surface area (Å²) in [7, 11) is 0. The van der Waals surface area contributed by atoms with Crippen LogP contribution in [0.1, 0.15) is 23.6 Å². The molecule has 1 heterocycles. The van der Waals surface area contributed by atoms with Crippen molar-refractivity contribution >= 4 is 5.78 Å². The van der Waals surface area contributed by atoms with Crippen molar-refractivity contribution in [1.82, 2.24) is 4.90 Å². The molecular weight excluding hydrogens is 258 g/mol. The highest BCUT2D eigenvalue weighted by Crippen LogP contribution is 2.28. The molecule has 1 aliphatic rings. The molecule has 0 saturated heterocycles. The predicted octanol–water partition coefficient (Wildman–Crippen LogP) is 3.76. The van der Waals surface area contributed by atoms with E-state index in [9.17, 15) is 4.79 Å². The molecule has 0 bridgehead atoms. The fraction of sp³-hybridized carbons (Fsp3) is 0.211. The number of rotatable bonds is 4. The van der Waals surface area contributed by atoms with E-state index in [0.29, 0.717) is 6.42 Å². The molecule has 106 valence electrons. The van der Waals surface area contributed by atoms with E-state index in [0.717, 1.165) is 13.0 Å². The standard InChI is InChI=1S/C19H19NO/c21-18-12-14-20(13-11-16-7-3-1-4-8-16)19(15-18)17-9-5-2-6-10-17/h1-10,12,14,19H,11,13,15H2. The molecule has 2 heteroatoms. The fourth-order valence-electron chi connectivity index (χ4n) is 2.78. The summed E-state index contributed by atoms with van der Waals surface area (Å²) in [5.41, 5.74) is 2.54. The highest BCUT2D eigenvalue weighted by Gasteiger charge is 2.23. The van der Waals surface area contributed by atoms with Crippen molar-refractivity contribution in [1.29, 1.82) is 0 Å². The van der Waals surface area contributed by atoms with Crippen LogP contribution >= 0.6 is 0 Å². The first-order valence-electron chi connectivity index (χ1n) is 7.38. The summed E-state index contributed by atoms with van der Waals surface area (Å²) < 4.78 is 0. The number of carbonyl (C=O) groups excluding carboxylic acids is 1. The molecule has 0 amide bonds. The Bertz CT molecular complexity index is 619. The lowest BCUT2D eigenvalue weighted by molar-refractivity contribution is -0.116. The van der Waals surface area contributed by atoms with Crippen LogP contribution in [0.3, 0.4) is 0 Å². The van der Waals surface area contributed by atoms with Crippen molar-refractivity contribution in [2.75, 3.05) is 6.54 Å². The summed E-state index contributed by atoms with van der Waals surface area (Å²) >= 11 is 0. The zero-order valence-corrected chi connectivity index (χ0v) is 12.0. The Morgan fingerprint density at radius 3 is 2.33 bits per heavy atom. The number of ketones is 1. The quantitative estimate of drug-likeness (QED) is 0.848. The first kappa shape index (κ1) is 13.6. The van der Waals surface area contributed by atoms with Gasteiger partial charge in [-0.25, -0.2) is 0 Å². The highest BCUT2D eigenvalue weighted by atomic mass is 16.1. The van der Waals surface area contributed by atoms with Gasteiger partial charge in [0.1, 0.15) is 0 Å². The molecular formula is C19H19NO. The van der Waals surface area contributed by atoms with Crippen molar-refractivity contribution in [3.8, 4) is 0 Å². The van der Waals surface area contributed by atoms with E-state index < -0.39 is 0 Å². The second-order valence-electron chi connectivity index (χ2n) is 5.39. The number of benzene rings is 2. The van der Waals surface area contributed by atoms with Gasteiger partial charge in [0.25, 0.3) is 0 Å². The first-order valence-corrected chi connectivity index (χ1v) is 7.38. The van der Waals surface area contributed by atoms with Gasteiger partial charge in [-0.05, 0) is 23.6 Å². The van der Waals surface area contributed by atoms with E-state index in [-0.39, 0.29) is 11.8 Å². The van der Waals surface area contributed by atoms with Crippen LogP contribution in [0, 0.1) is 0 Å². The van der Waals surface area contributed by atoms with E-state index in [1.54, 1.807) is 6.08 Å². The summed E-state index contributed by atoms with van der Waals surface area (Å²) in [4.78, 5) is 14.0. The van der Waals surface area contributed by atoms with Gasteiger partial charge >= 0.3 is 0 Å². The minimum Gasteiger partial charge on any atom is -0.369 e. The molecule has 0 spiro atoms. The monoisotopic (exact) mass is 277 g/mol. The van der Waals surface area contributed by atoms with Crippen molar-refractivity contribution in [2.24, 2.45) is 0 Å². The first-order chi connectivity index (χ1) is 10.3. The molecule has 1 unspecified atom stereocenters. The zero-order chi connectivity index (χ0) is 14.5. The average Bonchev–Trinajstić information content (AvgIpc) is 2.55. The number of hydrogen-bond donors (Lipinski definition) is 0. The molecule has 2 aromatic carbocycles. The molecule has 0 saturated carbocycles. The summed E-state index contributed by atoms with van der Waals surface area (Å²) in [5, 5.41) is 0. The van der Waals surface area contributed by atoms with Crippen molar-refractivity contribution < 1.29 is 4.79 Å². The lowest BCUT2D eigenvalue weighted by Gasteiger charge is -2.33. The minimum absolute atomic E-state index is 0.160. The van der Waals surface area contributed by atoms with E-state index in [4.69, 9.17) is 0 Å². The lowest BCUT2D eigenvalue weighted by atomic mass is 9.97. The van der Waals surface area contributed by atoms with Gasteiger partial charge in [-0.2, -0.15) is 0 Å². The topological polar surface area (TPSA) is 20.3 Å². The fourth-order valence-corrected chi connectivity index (χ4v) is 2.78. The summed E-state index contributed by atoms with van der Waals surface area (Å²) in [6, 6.07) is 20.9. The van der Waals surface area contributed by atoms with Gasteiger partial charge in [0.15, 0.2) is 5.78 Å². The van der Waals surface area contributed by atoms with Gasteiger partial charge < -0.3 is 4.90 Å². The molecule has 0 N–H and O–H groups in total. The SMILES string of the molecule is O=C1C=CN(CCc2ccccc2)C(c2ccccc2)C1. The second-order valence-corrected chi connectivity index (χ2v) is 5.39. The third-order valence-electron chi connectivity index (χ3n) is 3.93. The molecule has 0 fully saturated rings. The second kappa shape index (κ2) is 6.40. The van der Waals surface area contributed by atoms with Crippen molar-refractivity contribution in [3.63, 3.8) is 0 Å². The van der Waals surface area contributed by atoms with Crippen LogP contribution < -0.4 is 0 Å². The number of hydrogen-bond acceptors (Lipinski definition) is 2. The number of allylic oxidation sites excluding steroid dienone is 1. The smallest absolute Gasteiger partial charge is 0.159 e. The molecule has 1 atom stereocenters. The summed E-state index contributed by atoms with van der Waals surface area (Å²) in [6.07, 6.45) is 5.20. The summed E-state index contributed by atoms with van der Waals surface area (Å²) in [5.74, 6) is 0.208. The Hall–Kier alpha value is -2.35. The van der Waals surface area contributed by atoms with Crippen LogP contribution in [0.15, 0.2) is 72.9 Å². The average molecular weight is 277 g/mol. The molecule has 2 nitrogen and oxygen atoms in total. The maximum atomic E-state index is 11.8. The van der Waals surface area contributed by atoms with Gasteiger partial charge in [-0.15, -0.1) is 0 Å². The largest absolute Gasteiger partial charge is 0.369 e. The number of carbonyl (C=O) groups is 1. The Morgan fingerprint density at radius 1 is 0.952 bits per heavy atom. The van der Waals surface area contributed by atoms with Crippen LogP contribution in [0.2, 0.25) is 0 Å². The third kappa shape index (κ3) is 3.40. The van der Waals surface area contributed by atoms with Crippen LogP contribution in [0.4, 0.5) is 0 Å². The van der Waals surface area contributed by atoms with E-state index in [1.807, 2.05) is 30.5 Å². The molecule has 21 heavy (non-hydrogen) atoms. The third-order valence-corrected chi connectivity index (χ3v) is 3.93.